The molecule has 146 valence electrons. The second kappa shape index (κ2) is 7.34. The summed E-state index contributed by atoms with van der Waals surface area (Å²) in [6.07, 6.45) is 5.06. The molecule has 1 N–H and O–H groups in total. The molecular weight excluding hydrogens is 366 g/mol. The third-order valence-electron chi connectivity index (χ3n) is 6.58. The fourth-order valence-corrected chi connectivity index (χ4v) is 5.80. The number of amides is 1. The zero-order valence-electron chi connectivity index (χ0n) is 15.7. The summed E-state index contributed by atoms with van der Waals surface area (Å²) in [5.74, 6) is 2.37. The van der Waals surface area contributed by atoms with Gasteiger partial charge in [0.2, 0.25) is 0 Å². The minimum Gasteiger partial charge on any atom is -0.495 e. The minimum atomic E-state index is -0.863. The van der Waals surface area contributed by atoms with Gasteiger partial charge in [0.25, 0.3) is 5.91 Å². The van der Waals surface area contributed by atoms with Crippen LogP contribution in [0.2, 0.25) is 5.02 Å². The van der Waals surface area contributed by atoms with Crippen molar-refractivity contribution >= 4 is 29.2 Å². The van der Waals surface area contributed by atoms with Crippen molar-refractivity contribution in [3.05, 3.63) is 23.2 Å². The Kier molecular flexibility index (Phi) is 5.06. The Labute approximate surface area is 164 Å². The number of nitrogens with one attached hydrogen (secondary N) is 1. The molecule has 0 unspecified atom stereocenters. The average molecular weight is 392 g/mol. The van der Waals surface area contributed by atoms with Gasteiger partial charge in [0, 0.05) is 5.02 Å². The number of halogens is 1. The van der Waals surface area contributed by atoms with Crippen LogP contribution in [0, 0.1) is 29.6 Å². The van der Waals surface area contributed by atoms with Gasteiger partial charge < -0.3 is 14.8 Å². The second-order valence-corrected chi connectivity index (χ2v) is 8.81. The van der Waals surface area contributed by atoms with Crippen molar-refractivity contribution in [2.75, 3.05) is 12.4 Å². The van der Waals surface area contributed by atoms with Gasteiger partial charge in [-0.05, 0) is 80.9 Å². The molecule has 0 radical (unpaired) electrons. The molecule has 4 aliphatic rings. The van der Waals surface area contributed by atoms with Crippen LogP contribution in [0.3, 0.4) is 0 Å². The number of carbonyl (C=O) groups is 2. The molecule has 4 fully saturated rings. The van der Waals surface area contributed by atoms with E-state index in [1.807, 2.05) is 0 Å². The van der Waals surface area contributed by atoms with E-state index in [1.165, 1.54) is 13.5 Å². The van der Waals surface area contributed by atoms with Crippen molar-refractivity contribution in [1.29, 1.82) is 0 Å². The predicted octanol–water partition coefficient (Wildman–Crippen LogP) is 4.29. The standard InChI is InChI=1S/C21H26ClNO4/c1-11(20(24)23-17-10-16(22)3-4-18(17)26-2)27-21(25)19-14-6-12-5-13(8-14)9-15(19)7-12/h3-4,10-15,19H,5-9H2,1-2H3,(H,23,24)/t11-,12?,13?,14?,15?,19?/m1/s1. The Hall–Kier alpha value is -1.75. The summed E-state index contributed by atoms with van der Waals surface area (Å²) < 4.78 is 10.8. The molecule has 4 saturated carbocycles. The summed E-state index contributed by atoms with van der Waals surface area (Å²) in [6.45, 7) is 1.61. The fourth-order valence-electron chi connectivity index (χ4n) is 5.63. The maximum atomic E-state index is 12.8. The van der Waals surface area contributed by atoms with Gasteiger partial charge in [-0.2, -0.15) is 0 Å². The lowest BCUT2D eigenvalue weighted by atomic mass is 9.52. The molecule has 0 aliphatic heterocycles. The van der Waals surface area contributed by atoms with Gasteiger partial charge in [-0.25, -0.2) is 0 Å². The molecule has 1 atom stereocenters. The van der Waals surface area contributed by atoms with Crippen molar-refractivity contribution in [3.8, 4) is 5.75 Å². The first-order valence-corrected chi connectivity index (χ1v) is 10.2. The highest BCUT2D eigenvalue weighted by Crippen LogP contribution is 2.56. The van der Waals surface area contributed by atoms with Crippen molar-refractivity contribution < 1.29 is 19.1 Å². The van der Waals surface area contributed by atoms with Gasteiger partial charge in [0.15, 0.2) is 6.10 Å². The van der Waals surface area contributed by atoms with E-state index in [2.05, 4.69) is 5.32 Å². The number of carbonyl (C=O) groups excluding carboxylic acids is 2. The largest absolute Gasteiger partial charge is 0.495 e. The van der Waals surface area contributed by atoms with Crippen LogP contribution >= 0.6 is 11.6 Å². The number of benzene rings is 1. The van der Waals surface area contributed by atoms with Crippen molar-refractivity contribution in [2.45, 2.75) is 45.1 Å². The molecule has 0 aromatic heterocycles. The molecular formula is C21H26ClNO4. The zero-order chi connectivity index (χ0) is 19.1. The van der Waals surface area contributed by atoms with E-state index in [4.69, 9.17) is 21.1 Å². The van der Waals surface area contributed by atoms with Gasteiger partial charge in [-0.15, -0.1) is 0 Å². The summed E-state index contributed by atoms with van der Waals surface area (Å²) in [7, 11) is 1.52. The number of rotatable bonds is 5. The van der Waals surface area contributed by atoms with Gasteiger partial charge in [0.1, 0.15) is 5.75 Å². The average Bonchev–Trinajstić information content (AvgIpc) is 2.61. The molecule has 0 heterocycles. The first-order valence-electron chi connectivity index (χ1n) is 9.79. The van der Waals surface area contributed by atoms with Gasteiger partial charge in [0.05, 0.1) is 18.7 Å². The molecule has 4 bridgehead atoms. The molecule has 5 rings (SSSR count). The van der Waals surface area contributed by atoms with Gasteiger partial charge >= 0.3 is 5.97 Å². The Bertz CT molecular complexity index is 722. The molecule has 0 saturated heterocycles. The number of ether oxygens (including phenoxy) is 2. The van der Waals surface area contributed by atoms with Gasteiger partial charge in [-0.3, -0.25) is 9.59 Å². The zero-order valence-corrected chi connectivity index (χ0v) is 16.5. The monoisotopic (exact) mass is 391 g/mol. The highest BCUT2D eigenvalue weighted by molar-refractivity contribution is 6.31. The summed E-state index contributed by atoms with van der Waals surface area (Å²) in [4.78, 5) is 25.4. The Morgan fingerprint density at radius 3 is 2.33 bits per heavy atom. The van der Waals surface area contributed by atoms with Crippen LogP contribution in [0.15, 0.2) is 18.2 Å². The van der Waals surface area contributed by atoms with Crippen molar-refractivity contribution in [2.24, 2.45) is 29.6 Å². The SMILES string of the molecule is COc1ccc(Cl)cc1NC(=O)[C@@H](C)OC(=O)C1C2CC3CC(C2)CC1C3. The summed E-state index contributed by atoms with van der Waals surface area (Å²) in [6, 6.07) is 4.99. The van der Waals surface area contributed by atoms with Crippen LogP contribution in [-0.4, -0.2) is 25.1 Å². The third-order valence-corrected chi connectivity index (χ3v) is 6.82. The first-order chi connectivity index (χ1) is 12.9. The van der Waals surface area contributed by atoms with Crippen molar-refractivity contribution in [3.63, 3.8) is 0 Å². The molecule has 1 aromatic rings. The first kappa shape index (κ1) is 18.6. The Morgan fingerprint density at radius 2 is 1.74 bits per heavy atom. The summed E-state index contributed by atoms with van der Waals surface area (Å²) in [5, 5.41) is 3.24. The lowest BCUT2D eigenvalue weighted by Gasteiger charge is -2.53. The van der Waals surface area contributed by atoms with E-state index in [0.717, 1.165) is 37.5 Å². The maximum Gasteiger partial charge on any atom is 0.310 e. The van der Waals surface area contributed by atoms with E-state index in [-0.39, 0.29) is 17.8 Å². The van der Waals surface area contributed by atoms with Crippen LogP contribution in [0.4, 0.5) is 5.69 Å². The van der Waals surface area contributed by atoms with Crippen LogP contribution in [0.25, 0.3) is 0 Å². The highest BCUT2D eigenvalue weighted by Gasteiger charge is 2.51. The molecule has 27 heavy (non-hydrogen) atoms. The predicted molar refractivity (Wildman–Crippen MR) is 103 cm³/mol. The quantitative estimate of drug-likeness (QED) is 0.760. The van der Waals surface area contributed by atoms with E-state index in [9.17, 15) is 9.59 Å². The number of anilines is 1. The van der Waals surface area contributed by atoms with E-state index >= 15 is 0 Å². The van der Waals surface area contributed by atoms with Gasteiger partial charge in [-0.1, -0.05) is 11.6 Å². The number of methoxy groups -OCH3 is 1. The van der Waals surface area contributed by atoms with Crippen LogP contribution < -0.4 is 10.1 Å². The smallest absolute Gasteiger partial charge is 0.310 e. The molecule has 1 aromatic carbocycles. The molecule has 4 aliphatic carbocycles. The molecule has 0 spiro atoms. The number of esters is 1. The van der Waals surface area contributed by atoms with E-state index in [0.29, 0.717) is 28.3 Å². The minimum absolute atomic E-state index is 0.0336. The highest BCUT2D eigenvalue weighted by atomic mass is 35.5. The van der Waals surface area contributed by atoms with Crippen LogP contribution in [0.5, 0.6) is 5.75 Å². The lowest BCUT2D eigenvalue weighted by Crippen LogP contribution is -2.49. The molecule has 1 amide bonds. The normalized spacial score (nSPS) is 32.0. The Morgan fingerprint density at radius 1 is 1.11 bits per heavy atom. The van der Waals surface area contributed by atoms with E-state index in [1.54, 1.807) is 25.1 Å². The Balaban J connectivity index is 1.39. The van der Waals surface area contributed by atoms with E-state index < -0.39 is 6.10 Å². The number of hydrogen-bond donors (Lipinski definition) is 1. The molecule has 6 heteroatoms. The van der Waals surface area contributed by atoms with Crippen LogP contribution in [0.1, 0.15) is 39.0 Å². The number of hydrogen-bond acceptors (Lipinski definition) is 4. The van der Waals surface area contributed by atoms with Crippen molar-refractivity contribution in [1.82, 2.24) is 0 Å². The fraction of sp³-hybridized carbons (Fsp3) is 0.619. The summed E-state index contributed by atoms with van der Waals surface area (Å²) in [5.41, 5.74) is 0.465. The topological polar surface area (TPSA) is 64.6 Å². The summed E-state index contributed by atoms with van der Waals surface area (Å²) >= 11 is 6.00. The third kappa shape index (κ3) is 3.66. The molecule has 5 nitrogen and oxygen atoms in total. The lowest BCUT2D eigenvalue weighted by molar-refractivity contribution is -0.169. The second-order valence-electron chi connectivity index (χ2n) is 8.37. The maximum absolute atomic E-state index is 12.8. The van der Waals surface area contributed by atoms with Crippen LogP contribution in [-0.2, 0) is 14.3 Å².